The van der Waals surface area contributed by atoms with Gasteiger partial charge >= 0.3 is 0 Å². The summed E-state index contributed by atoms with van der Waals surface area (Å²) in [4.78, 5) is 12.7. The fourth-order valence-corrected chi connectivity index (χ4v) is 5.98. The molecule has 10 heteroatoms. The number of rotatable bonds is 11. The van der Waals surface area contributed by atoms with Crippen LogP contribution in [0, 0.1) is 3.57 Å². The van der Waals surface area contributed by atoms with E-state index in [-0.39, 0.29) is 11.7 Å². The minimum atomic E-state index is -0.0745. The number of benzene rings is 2. The Morgan fingerprint density at radius 1 is 1.21 bits per heavy atom. The zero-order valence-corrected chi connectivity index (χ0v) is 24.2. The summed E-state index contributed by atoms with van der Waals surface area (Å²) in [6.07, 6.45) is 1.80. The lowest BCUT2D eigenvalue weighted by atomic mass is 10.0. The standard InChI is InChI=1S/C24H25Cl2IN4OS2/c1-4-9-31-22(13-33-12-16-5-6-17(25)10-20(16)26)29-30-24(31)34-14-23(32)28-21-8-7-18(27)11-19(21)15(2)3/h4-8,10-11,15H,1,9,12-14H2,2-3H3,(H,28,32). The number of carbonyl (C=O) groups is 1. The van der Waals surface area contributed by atoms with Crippen molar-refractivity contribution in [1.29, 1.82) is 0 Å². The molecule has 0 aliphatic carbocycles. The maximum absolute atomic E-state index is 12.7. The number of halogens is 3. The van der Waals surface area contributed by atoms with E-state index >= 15 is 0 Å². The van der Waals surface area contributed by atoms with E-state index in [1.807, 2.05) is 28.8 Å². The summed E-state index contributed by atoms with van der Waals surface area (Å²) in [5.74, 6) is 2.71. The Hall–Kier alpha value is -1.20. The molecule has 0 saturated carbocycles. The van der Waals surface area contributed by atoms with Crippen LogP contribution in [0.2, 0.25) is 10.0 Å². The predicted octanol–water partition coefficient (Wildman–Crippen LogP) is 7.66. The molecule has 1 aromatic heterocycles. The maximum atomic E-state index is 12.7. The van der Waals surface area contributed by atoms with E-state index in [1.54, 1.807) is 23.9 Å². The van der Waals surface area contributed by atoms with E-state index < -0.39 is 0 Å². The number of hydrogen-bond acceptors (Lipinski definition) is 5. The summed E-state index contributed by atoms with van der Waals surface area (Å²) < 4.78 is 3.14. The van der Waals surface area contributed by atoms with Gasteiger partial charge in [-0.15, -0.1) is 28.5 Å². The van der Waals surface area contributed by atoms with Gasteiger partial charge in [-0.3, -0.25) is 4.79 Å². The summed E-state index contributed by atoms with van der Waals surface area (Å²) in [7, 11) is 0. The number of aromatic nitrogens is 3. The molecular formula is C24H25Cl2IN4OS2. The van der Waals surface area contributed by atoms with E-state index in [2.05, 4.69) is 64.6 Å². The summed E-state index contributed by atoms with van der Waals surface area (Å²) >= 11 is 17.6. The minimum absolute atomic E-state index is 0.0745. The molecule has 0 saturated heterocycles. The number of allylic oxidation sites excluding steroid dienone is 1. The first-order chi connectivity index (χ1) is 16.3. The van der Waals surface area contributed by atoms with Crippen molar-refractivity contribution in [3.05, 3.63) is 79.6 Å². The lowest BCUT2D eigenvalue weighted by Crippen LogP contribution is -2.16. The van der Waals surface area contributed by atoms with Gasteiger partial charge in [-0.2, -0.15) is 0 Å². The van der Waals surface area contributed by atoms with E-state index in [0.29, 0.717) is 33.4 Å². The Balaban J connectivity index is 1.61. The highest BCUT2D eigenvalue weighted by atomic mass is 127. The van der Waals surface area contributed by atoms with E-state index in [1.165, 1.54) is 11.8 Å². The Labute approximate surface area is 232 Å². The molecule has 0 bridgehead atoms. The molecule has 1 N–H and O–H groups in total. The van der Waals surface area contributed by atoms with Crippen LogP contribution in [0.1, 0.15) is 36.7 Å². The summed E-state index contributed by atoms with van der Waals surface area (Å²) in [6, 6.07) is 11.6. The molecule has 0 radical (unpaired) electrons. The van der Waals surface area contributed by atoms with Crippen molar-refractivity contribution in [2.45, 2.75) is 43.0 Å². The van der Waals surface area contributed by atoms with Crippen LogP contribution in [0.15, 0.2) is 54.2 Å². The molecule has 0 atom stereocenters. The van der Waals surface area contributed by atoms with E-state index in [4.69, 9.17) is 23.2 Å². The third-order valence-electron chi connectivity index (χ3n) is 4.85. The van der Waals surface area contributed by atoms with Crippen LogP contribution in [0.5, 0.6) is 0 Å². The van der Waals surface area contributed by atoms with Gasteiger partial charge in [0.15, 0.2) is 5.16 Å². The number of hydrogen-bond donors (Lipinski definition) is 1. The number of anilines is 1. The number of nitrogens with zero attached hydrogens (tertiary/aromatic N) is 3. The normalized spacial score (nSPS) is 11.1. The molecule has 5 nitrogen and oxygen atoms in total. The maximum Gasteiger partial charge on any atom is 0.234 e. The smallest absolute Gasteiger partial charge is 0.234 e. The van der Waals surface area contributed by atoms with Crippen LogP contribution >= 0.6 is 69.3 Å². The van der Waals surface area contributed by atoms with Crippen LogP contribution in [0.4, 0.5) is 5.69 Å². The van der Waals surface area contributed by atoms with Gasteiger partial charge in [-0.05, 0) is 70.0 Å². The largest absolute Gasteiger partial charge is 0.325 e. The molecule has 180 valence electrons. The van der Waals surface area contributed by atoms with Gasteiger partial charge in [0.2, 0.25) is 5.91 Å². The Kier molecular flexibility index (Phi) is 10.6. The first-order valence-electron chi connectivity index (χ1n) is 10.5. The molecule has 0 unspecified atom stereocenters. The van der Waals surface area contributed by atoms with Crippen LogP contribution in [-0.4, -0.2) is 26.4 Å². The SMILES string of the molecule is C=CCn1c(CSCc2ccc(Cl)cc2Cl)nnc1SCC(=O)Nc1ccc(I)cc1C(C)C. The summed E-state index contributed by atoms with van der Waals surface area (Å²) in [5.41, 5.74) is 3.00. The van der Waals surface area contributed by atoms with Gasteiger partial charge < -0.3 is 9.88 Å². The molecule has 0 aliphatic rings. The van der Waals surface area contributed by atoms with Gasteiger partial charge in [0, 0.05) is 31.6 Å². The number of thioether (sulfide) groups is 2. The quantitative estimate of drug-likeness (QED) is 0.132. The highest BCUT2D eigenvalue weighted by Crippen LogP contribution is 2.28. The van der Waals surface area contributed by atoms with E-state index in [0.717, 1.165) is 32.0 Å². The molecule has 0 fully saturated rings. The van der Waals surface area contributed by atoms with Crippen LogP contribution in [-0.2, 0) is 22.8 Å². The number of amides is 1. The highest BCUT2D eigenvalue weighted by Gasteiger charge is 2.15. The lowest BCUT2D eigenvalue weighted by molar-refractivity contribution is -0.113. The molecule has 1 heterocycles. The van der Waals surface area contributed by atoms with Crippen molar-refractivity contribution in [2.75, 3.05) is 11.1 Å². The van der Waals surface area contributed by atoms with Gasteiger partial charge in [0.25, 0.3) is 0 Å². The monoisotopic (exact) mass is 646 g/mol. The zero-order chi connectivity index (χ0) is 24.7. The third kappa shape index (κ3) is 7.65. The average Bonchev–Trinajstić information content (AvgIpc) is 3.16. The van der Waals surface area contributed by atoms with Crippen LogP contribution < -0.4 is 5.32 Å². The highest BCUT2D eigenvalue weighted by molar-refractivity contribution is 14.1. The molecule has 3 aromatic rings. The van der Waals surface area contributed by atoms with E-state index in [9.17, 15) is 4.79 Å². The lowest BCUT2D eigenvalue weighted by Gasteiger charge is -2.14. The average molecular weight is 647 g/mol. The second-order valence-corrected chi connectivity index (χ2v) is 11.8. The van der Waals surface area contributed by atoms with Crippen LogP contribution in [0.25, 0.3) is 0 Å². The van der Waals surface area contributed by atoms with Gasteiger partial charge in [0.05, 0.1) is 11.5 Å². The zero-order valence-electron chi connectivity index (χ0n) is 18.9. The molecule has 0 spiro atoms. The fraction of sp³-hybridized carbons (Fsp3) is 0.292. The minimum Gasteiger partial charge on any atom is -0.325 e. The molecule has 0 aliphatic heterocycles. The summed E-state index contributed by atoms with van der Waals surface area (Å²) in [5, 5.41) is 13.7. The van der Waals surface area contributed by atoms with Crippen molar-refractivity contribution in [1.82, 2.24) is 14.8 Å². The van der Waals surface area contributed by atoms with Gasteiger partial charge in [0.1, 0.15) is 5.82 Å². The Morgan fingerprint density at radius 3 is 2.71 bits per heavy atom. The molecular weight excluding hydrogens is 622 g/mol. The number of nitrogens with one attached hydrogen (secondary N) is 1. The second kappa shape index (κ2) is 13.2. The Morgan fingerprint density at radius 2 is 2.00 bits per heavy atom. The first-order valence-corrected chi connectivity index (χ1v) is 14.5. The van der Waals surface area contributed by atoms with Crippen LogP contribution in [0.3, 0.4) is 0 Å². The van der Waals surface area contributed by atoms with Crippen molar-refractivity contribution in [2.24, 2.45) is 0 Å². The van der Waals surface area contributed by atoms with Crippen molar-refractivity contribution >= 4 is 80.9 Å². The Bertz CT molecular complexity index is 1170. The van der Waals surface area contributed by atoms with Crippen molar-refractivity contribution < 1.29 is 4.79 Å². The molecule has 1 amide bonds. The number of carbonyl (C=O) groups excluding carboxylic acids is 1. The van der Waals surface area contributed by atoms with Gasteiger partial charge in [-0.1, -0.05) is 61.0 Å². The van der Waals surface area contributed by atoms with Crippen molar-refractivity contribution in [3.8, 4) is 0 Å². The molecule has 3 rings (SSSR count). The topological polar surface area (TPSA) is 59.8 Å². The van der Waals surface area contributed by atoms with Gasteiger partial charge in [-0.25, -0.2) is 0 Å². The second-order valence-electron chi connectivity index (χ2n) is 7.75. The predicted molar refractivity (Wildman–Crippen MR) is 154 cm³/mol. The fourth-order valence-electron chi connectivity index (χ4n) is 3.18. The van der Waals surface area contributed by atoms with Crippen molar-refractivity contribution in [3.63, 3.8) is 0 Å². The molecule has 2 aromatic carbocycles. The molecule has 34 heavy (non-hydrogen) atoms. The first kappa shape index (κ1) is 27.4. The third-order valence-corrected chi connectivity index (χ3v) is 8.05. The summed E-state index contributed by atoms with van der Waals surface area (Å²) in [6.45, 7) is 8.66.